The van der Waals surface area contributed by atoms with Gasteiger partial charge in [0.2, 0.25) is 0 Å². The standard InChI is InChI=1S/C12H18BrNO2S/c1-4-12(2,11(15)16)8-14(3)6-9-5-10(13)17-7-9/h5,7H,4,6,8H2,1-3H3,(H,15,16). The van der Waals surface area contributed by atoms with Gasteiger partial charge >= 0.3 is 5.97 Å². The molecular formula is C12H18BrNO2S. The summed E-state index contributed by atoms with van der Waals surface area (Å²) >= 11 is 5.08. The Kier molecular flexibility index (Phi) is 5.16. The molecule has 5 heteroatoms. The second kappa shape index (κ2) is 5.98. The molecule has 0 aliphatic carbocycles. The number of carboxylic acid groups (broad SMARTS) is 1. The second-order valence-corrected chi connectivity index (χ2v) is 6.94. The van der Waals surface area contributed by atoms with Gasteiger partial charge in [-0.1, -0.05) is 6.92 Å². The molecule has 17 heavy (non-hydrogen) atoms. The Labute approximate surface area is 115 Å². The lowest BCUT2D eigenvalue weighted by Gasteiger charge is -2.28. The maximum Gasteiger partial charge on any atom is 0.310 e. The van der Waals surface area contributed by atoms with Crippen LogP contribution in [0.3, 0.4) is 0 Å². The minimum absolute atomic E-state index is 0.562. The Morgan fingerprint density at radius 1 is 1.65 bits per heavy atom. The number of nitrogens with zero attached hydrogens (tertiary/aromatic N) is 1. The highest BCUT2D eigenvalue weighted by Crippen LogP contribution is 2.25. The van der Waals surface area contributed by atoms with Crippen LogP contribution in [0.4, 0.5) is 0 Å². The van der Waals surface area contributed by atoms with Crippen LogP contribution in [-0.4, -0.2) is 29.6 Å². The number of hydrogen-bond acceptors (Lipinski definition) is 3. The van der Waals surface area contributed by atoms with Crippen molar-refractivity contribution in [1.29, 1.82) is 0 Å². The highest BCUT2D eigenvalue weighted by atomic mass is 79.9. The van der Waals surface area contributed by atoms with Gasteiger partial charge in [-0.3, -0.25) is 4.79 Å². The number of hydrogen-bond donors (Lipinski definition) is 1. The van der Waals surface area contributed by atoms with Crippen molar-refractivity contribution in [2.75, 3.05) is 13.6 Å². The average molecular weight is 320 g/mol. The van der Waals surface area contributed by atoms with E-state index < -0.39 is 11.4 Å². The van der Waals surface area contributed by atoms with Gasteiger partial charge < -0.3 is 10.0 Å². The quantitative estimate of drug-likeness (QED) is 0.873. The van der Waals surface area contributed by atoms with Gasteiger partial charge in [-0.2, -0.15) is 0 Å². The summed E-state index contributed by atoms with van der Waals surface area (Å²) in [7, 11) is 1.96. The number of thiophene rings is 1. The van der Waals surface area contributed by atoms with Crippen LogP contribution in [0.1, 0.15) is 25.8 Å². The van der Waals surface area contributed by atoms with E-state index in [0.29, 0.717) is 13.0 Å². The van der Waals surface area contributed by atoms with E-state index in [2.05, 4.69) is 32.3 Å². The first-order valence-electron chi connectivity index (χ1n) is 5.52. The smallest absolute Gasteiger partial charge is 0.310 e. The molecule has 0 bridgehead atoms. The third-order valence-electron chi connectivity index (χ3n) is 2.99. The monoisotopic (exact) mass is 319 g/mol. The van der Waals surface area contributed by atoms with Crippen LogP contribution in [0, 0.1) is 5.41 Å². The van der Waals surface area contributed by atoms with Crippen molar-refractivity contribution in [3.05, 3.63) is 20.8 Å². The fraction of sp³-hybridized carbons (Fsp3) is 0.583. The highest BCUT2D eigenvalue weighted by molar-refractivity contribution is 9.11. The Morgan fingerprint density at radius 3 is 2.71 bits per heavy atom. The maximum absolute atomic E-state index is 11.2. The van der Waals surface area contributed by atoms with Crippen molar-refractivity contribution in [1.82, 2.24) is 4.90 Å². The molecular weight excluding hydrogens is 302 g/mol. The van der Waals surface area contributed by atoms with E-state index in [1.165, 1.54) is 5.56 Å². The molecule has 1 unspecified atom stereocenters. The molecule has 96 valence electrons. The average Bonchev–Trinajstić information content (AvgIpc) is 2.63. The zero-order chi connectivity index (χ0) is 13.1. The van der Waals surface area contributed by atoms with E-state index in [9.17, 15) is 9.90 Å². The SMILES string of the molecule is CCC(C)(CN(C)Cc1csc(Br)c1)C(=O)O. The van der Waals surface area contributed by atoms with Gasteiger partial charge in [0.15, 0.2) is 0 Å². The molecule has 1 aromatic heterocycles. The summed E-state index contributed by atoms with van der Waals surface area (Å²) < 4.78 is 1.11. The first-order valence-corrected chi connectivity index (χ1v) is 7.19. The molecule has 0 aliphatic rings. The summed E-state index contributed by atoms with van der Waals surface area (Å²) in [5, 5.41) is 11.3. The molecule has 3 nitrogen and oxygen atoms in total. The molecule has 0 fully saturated rings. The number of aliphatic carboxylic acids is 1. The van der Waals surface area contributed by atoms with Gasteiger partial charge in [0.05, 0.1) is 9.20 Å². The highest BCUT2D eigenvalue weighted by Gasteiger charge is 2.32. The molecule has 1 N–H and O–H groups in total. The van der Waals surface area contributed by atoms with E-state index in [4.69, 9.17) is 0 Å². The molecule has 1 aromatic rings. The van der Waals surface area contributed by atoms with E-state index in [1.807, 2.05) is 14.0 Å². The van der Waals surface area contributed by atoms with Crippen molar-refractivity contribution in [2.24, 2.45) is 5.41 Å². The zero-order valence-corrected chi connectivity index (χ0v) is 12.8. The summed E-state index contributed by atoms with van der Waals surface area (Å²) in [6.45, 7) is 5.07. The topological polar surface area (TPSA) is 40.5 Å². The second-order valence-electron chi connectivity index (χ2n) is 4.65. The van der Waals surface area contributed by atoms with Crippen LogP contribution in [0.15, 0.2) is 15.2 Å². The molecule has 1 rings (SSSR count). The van der Waals surface area contributed by atoms with Gasteiger partial charge in [0.1, 0.15) is 0 Å². The molecule has 1 heterocycles. The number of carboxylic acids is 1. The normalized spacial score (nSPS) is 14.9. The lowest BCUT2D eigenvalue weighted by atomic mass is 9.87. The first-order chi connectivity index (χ1) is 7.87. The van der Waals surface area contributed by atoms with Crippen molar-refractivity contribution < 1.29 is 9.90 Å². The lowest BCUT2D eigenvalue weighted by molar-refractivity contribution is -0.149. The molecule has 0 aliphatic heterocycles. The Hall–Kier alpha value is -0.390. The molecule has 0 spiro atoms. The van der Waals surface area contributed by atoms with E-state index in [1.54, 1.807) is 18.3 Å². The zero-order valence-electron chi connectivity index (χ0n) is 10.4. The molecule has 0 amide bonds. The van der Waals surface area contributed by atoms with Gasteiger partial charge in [-0.05, 0) is 53.3 Å². The number of carbonyl (C=O) groups is 1. The van der Waals surface area contributed by atoms with Crippen LogP contribution in [0.2, 0.25) is 0 Å². The van der Waals surface area contributed by atoms with Gasteiger partial charge in [-0.25, -0.2) is 0 Å². The largest absolute Gasteiger partial charge is 0.481 e. The summed E-state index contributed by atoms with van der Waals surface area (Å²) in [5.41, 5.74) is 0.551. The fourth-order valence-electron chi connectivity index (χ4n) is 1.72. The third-order valence-corrected chi connectivity index (χ3v) is 4.54. The van der Waals surface area contributed by atoms with Crippen molar-refractivity contribution >= 4 is 33.2 Å². The predicted molar refractivity (Wildman–Crippen MR) is 74.4 cm³/mol. The van der Waals surface area contributed by atoms with Crippen molar-refractivity contribution in [3.8, 4) is 0 Å². The van der Waals surface area contributed by atoms with E-state index in [-0.39, 0.29) is 0 Å². The molecule has 1 atom stereocenters. The van der Waals surface area contributed by atoms with E-state index >= 15 is 0 Å². The minimum atomic E-state index is -0.724. The van der Waals surface area contributed by atoms with E-state index in [0.717, 1.165) is 10.3 Å². The number of rotatable bonds is 6. The van der Waals surface area contributed by atoms with Crippen LogP contribution in [0.25, 0.3) is 0 Å². The summed E-state index contributed by atoms with van der Waals surface area (Å²) in [4.78, 5) is 13.3. The first kappa shape index (κ1) is 14.7. The van der Waals surface area contributed by atoms with Crippen LogP contribution in [-0.2, 0) is 11.3 Å². The minimum Gasteiger partial charge on any atom is -0.481 e. The van der Waals surface area contributed by atoms with Crippen LogP contribution in [0.5, 0.6) is 0 Å². The molecule has 0 saturated carbocycles. The Balaban J connectivity index is 2.59. The summed E-state index contributed by atoms with van der Waals surface area (Å²) in [6.07, 6.45) is 0.639. The summed E-state index contributed by atoms with van der Waals surface area (Å²) in [5.74, 6) is -0.724. The maximum atomic E-state index is 11.2. The van der Waals surface area contributed by atoms with Crippen LogP contribution >= 0.6 is 27.3 Å². The van der Waals surface area contributed by atoms with Crippen LogP contribution < -0.4 is 0 Å². The molecule has 0 radical (unpaired) electrons. The predicted octanol–water partition coefficient (Wildman–Crippen LogP) is 3.44. The third kappa shape index (κ3) is 4.08. The van der Waals surface area contributed by atoms with Gasteiger partial charge in [0.25, 0.3) is 0 Å². The van der Waals surface area contributed by atoms with Crippen molar-refractivity contribution in [2.45, 2.75) is 26.8 Å². The molecule has 0 saturated heterocycles. The fourth-order valence-corrected chi connectivity index (χ4v) is 2.92. The van der Waals surface area contributed by atoms with Crippen molar-refractivity contribution in [3.63, 3.8) is 0 Å². The Morgan fingerprint density at radius 2 is 2.29 bits per heavy atom. The lowest BCUT2D eigenvalue weighted by Crippen LogP contribution is -2.38. The Bertz CT molecular complexity index is 394. The molecule has 0 aromatic carbocycles. The summed E-state index contributed by atoms with van der Waals surface area (Å²) in [6, 6.07) is 2.07. The van der Waals surface area contributed by atoms with Gasteiger partial charge in [0, 0.05) is 13.1 Å². The number of halogens is 1. The van der Waals surface area contributed by atoms with Gasteiger partial charge in [-0.15, -0.1) is 11.3 Å².